The normalized spacial score (nSPS) is 14.2. The van der Waals surface area contributed by atoms with Crippen molar-refractivity contribution in [2.24, 2.45) is 0 Å². The minimum absolute atomic E-state index is 0.175. The number of nitrogens with zero attached hydrogens (tertiary/aromatic N) is 1. The van der Waals surface area contributed by atoms with Gasteiger partial charge in [-0.3, -0.25) is 19.0 Å². The highest BCUT2D eigenvalue weighted by Gasteiger charge is 2.29. The van der Waals surface area contributed by atoms with Crippen LogP contribution >= 0.6 is 0 Å². The van der Waals surface area contributed by atoms with Crippen molar-refractivity contribution in [3.63, 3.8) is 0 Å². The summed E-state index contributed by atoms with van der Waals surface area (Å²) in [5.41, 5.74) is 0.549. The van der Waals surface area contributed by atoms with Crippen LogP contribution in [-0.2, 0) is 17.8 Å². The number of hydrogen-bond donors (Lipinski definition) is 3. The Morgan fingerprint density at radius 3 is 2.55 bits per heavy atom. The zero-order valence-electron chi connectivity index (χ0n) is 17.2. The van der Waals surface area contributed by atoms with E-state index in [-0.39, 0.29) is 29.6 Å². The highest BCUT2D eigenvalue weighted by Crippen LogP contribution is 2.19. The molecule has 0 saturated heterocycles. The third-order valence-electron chi connectivity index (χ3n) is 5.39. The van der Waals surface area contributed by atoms with Crippen molar-refractivity contribution in [2.45, 2.75) is 44.8 Å². The highest BCUT2D eigenvalue weighted by atomic mass is 16.2. The molecule has 1 fully saturated rings. The van der Waals surface area contributed by atoms with Crippen LogP contribution in [0.2, 0.25) is 0 Å². The highest BCUT2D eigenvalue weighted by molar-refractivity contribution is 6.00. The molecule has 1 heterocycles. The first-order valence-corrected chi connectivity index (χ1v) is 10.4. The summed E-state index contributed by atoms with van der Waals surface area (Å²) in [4.78, 5) is 52.8. The second-order valence-corrected chi connectivity index (χ2v) is 7.74. The number of benzene rings is 2. The van der Waals surface area contributed by atoms with Crippen molar-refractivity contribution in [3.8, 4) is 0 Å². The fraction of sp³-hybridized carbons (Fsp3) is 0.304. The van der Waals surface area contributed by atoms with Crippen molar-refractivity contribution >= 4 is 22.7 Å². The predicted molar refractivity (Wildman–Crippen MR) is 117 cm³/mol. The number of aromatic nitrogens is 2. The fourth-order valence-corrected chi connectivity index (χ4v) is 3.51. The Bertz CT molecular complexity index is 1240. The molecule has 1 saturated carbocycles. The van der Waals surface area contributed by atoms with E-state index in [4.69, 9.17) is 0 Å². The van der Waals surface area contributed by atoms with Crippen LogP contribution in [0.1, 0.15) is 35.7 Å². The quantitative estimate of drug-likeness (QED) is 0.535. The summed E-state index contributed by atoms with van der Waals surface area (Å²) in [5, 5.41) is 6.07. The lowest BCUT2D eigenvalue weighted by Crippen LogP contribution is -2.48. The Kier molecular flexibility index (Phi) is 5.70. The number of aromatic amines is 1. The summed E-state index contributed by atoms with van der Waals surface area (Å²) in [6.45, 7) is 1.97. The zero-order valence-corrected chi connectivity index (χ0v) is 17.2. The molecule has 1 aliphatic carbocycles. The van der Waals surface area contributed by atoms with E-state index in [1.807, 2.05) is 30.3 Å². The summed E-state index contributed by atoms with van der Waals surface area (Å²) >= 11 is 0. The van der Waals surface area contributed by atoms with Gasteiger partial charge in [0, 0.05) is 24.6 Å². The molecule has 1 atom stereocenters. The molecule has 2 amide bonds. The maximum absolute atomic E-state index is 12.9. The molecule has 160 valence electrons. The lowest BCUT2D eigenvalue weighted by molar-refractivity contribution is -0.123. The number of fused-ring (bicyclic) bond motifs is 1. The summed E-state index contributed by atoms with van der Waals surface area (Å²) in [6, 6.07) is 13.4. The van der Waals surface area contributed by atoms with Gasteiger partial charge in [0.25, 0.3) is 11.5 Å². The number of carbonyl (C=O) groups is 2. The molecule has 3 N–H and O–H groups in total. The third kappa shape index (κ3) is 4.58. The summed E-state index contributed by atoms with van der Waals surface area (Å²) in [6.07, 6.45) is 2.26. The molecule has 4 rings (SSSR count). The van der Waals surface area contributed by atoms with E-state index < -0.39 is 23.2 Å². The van der Waals surface area contributed by atoms with Gasteiger partial charge < -0.3 is 15.6 Å². The number of H-pyrrole nitrogens is 1. The standard InChI is InChI=1S/C23H24N4O4/c1-2-27-22(30)17-11-8-15(13-18(17)26-23(27)31)20(28)25-19(21(29)24-16-9-10-16)12-14-6-4-3-5-7-14/h3-8,11,13,16,19H,2,9-10,12H2,1H3,(H,24,29)(H,25,28)(H,26,31). The van der Waals surface area contributed by atoms with Crippen LogP contribution in [0.5, 0.6) is 0 Å². The van der Waals surface area contributed by atoms with Gasteiger partial charge in [0.15, 0.2) is 0 Å². The van der Waals surface area contributed by atoms with Gasteiger partial charge in [0.05, 0.1) is 10.9 Å². The van der Waals surface area contributed by atoms with Crippen LogP contribution in [0, 0.1) is 0 Å². The average molecular weight is 420 g/mol. The molecule has 0 radical (unpaired) electrons. The largest absolute Gasteiger partial charge is 0.352 e. The van der Waals surface area contributed by atoms with Crippen LogP contribution in [0.25, 0.3) is 10.9 Å². The monoisotopic (exact) mass is 420 g/mol. The molecule has 3 aromatic rings. The minimum atomic E-state index is -0.738. The zero-order chi connectivity index (χ0) is 22.0. The molecular weight excluding hydrogens is 396 g/mol. The fourth-order valence-electron chi connectivity index (χ4n) is 3.51. The van der Waals surface area contributed by atoms with E-state index in [2.05, 4.69) is 15.6 Å². The Labute approximate surface area is 178 Å². The maximum Gasteiger partial charge on any atom is 0.328 e. The van der Waals surface area contributed by atoms with Crippen molar-refractivity contribution in [3.05, 3.63) is 80.5 Å². The maximum atomic E-state index is 12.9. The molecule has 2 aromatic carbocycles. The molecule has 1 aromatic heterocycles. The topological polar surface area (TPSA) is 113 Å². The van der Waals surface area contributed by atoms with Gasteiger partial charge in [-0.1, -0.05) is 30.3 Å². The molecule has 8 heteroatoms. The van der Waals surface area contributed by atoms with Gasteiger partial charge in [-0.25, -0.2) is 4.79 Å². The van der Waals surface area contributed by atoms with Crippen molar-refractivity contribution < 1.29 is 9.59 Å². The molecule has 1 unspecified atom stereocenters. The Balaban J connectivity index is 1.59. The molecule has 0 spiro atoms. The second kappa shape index (κ2) is 8.59. The SMILES string of the molecule is CCn1c(=O)[nH]c2cc(C(=O)NC(Cc3ccccc3)C(=O)NC3CC3)ccc2c1=O. The van der Waals surface area contributed by atoms with Crippen LogP contribution in [0.15, 0.2) is 58.1 Å². The van der Waals surface area contributed by atoms with Crippen LogP contribution in [-0.4, -0.2) is 33.4 Å². The van der Waals surface area contributed by atoms with Crippen LogP contribution in [0.4, 0.5) is 0 Å². The molecular formula is C23H24N4O4. The molecule has 1 aliphatic rings. The van der Waals surface area contributed by atoms with E-state index in [0.29, 0.717) is 11.8 Å². The van der Waals surface area contributed by atoms with Gasteiger partial charge >= 0.3 is 5.69 Å². The van der Waals surface area contributed by atoms with Gasteiger partial charge in [-0.05, 0) is 43.5 Å². The first-order chi connectivity index (χ1) is 15.0. The van der Waals surface area contributed by atoms with Crippen molar-refractivity contribution in [2.75, 3.05) is 0 Å². The number of amides is 2. The Morgan fingerprint density at radius 1 is 1.13 bits per heavy atom. The summed E-state index contributed by atoms with van der Waals surface area (Å²) in [5.74, 6) is -0.672. The summed E-state index contributed by atoms with van der Waals surface area (Å²) in [7, 11) is 0. The third-order valence-corrected chi connectivity index (χ3v) is 5.39. The first kappa shape index (κ1) is 20.6. The number of hydrogen-bond acceptors (Lipinski definition) is 4. The Hall–Kier alpha value is -3.68. The number of rotatable bonds is 7. The average Bonchev–Trinajstić information content (AvgIpc) is 3.57. The van der Waals surface area contributed by atoms with Gasteiger partial charge in [-0.15, -0.1) is 0 Å². The van der Waals surface area contributed by atoms with Crippen LogP contribution in [0.3, 0.4) is 0 Å². The molecule has 31 heavy (non-hydrogen) atoms. The first-order valence-electron chi connectivity index (χ1n) is 10.4. The molecule has 8 nitrogen and oxygen atoms in total. The van der Waals surface area contributed by atoms with Gasteiger partial charge in [0.2, 0.25) is 5.91 Å². The van der Waals surface area contributed by atoms with E-state index in [1.54, 1.807) is 6.92 Å². The number of nitrogens with one attached hydrogen (secondary N) is 3. The Morgan fingerprint density at radius 2 is 1.87 bits per heavy atom. The predicted octanol–water partition coefficient (Wildman–Crippen LogP) is 1.33. The second-order valence-electron chi connectivity index (χ2n) is 7.74. The molecule has 0 aliphatic heterocycles. The van der Waals surface area contributed by atoms with Crippen molar-refractivity contribution in [1.82, 2.24) is 20.2 Å². The smallest absolute Gasteiger partial charge is 0.328 e. The summed E-state index contributed by atoms with van der Waals surface area (Å²) < 4.78 is 1.10. The number of carbonyl (C=O) groups excluding carboxylic acids is 2. The van der Waals surface area contributed by atoms with E-state index in [0.717, 1.165) is 23.0 Å². The molecule has 0 bridgehead atoms. The lowest BCUT2D eigenvalue weighted by Gasteiger charge is -2.19. The van der Waals surface area contributed by atoms with E-state index >= 15 is 0 Å². The minimum Gasteiger partial charge on any atom is -0.352 e. The van der Waals surface area contributed by atoms with Crippen molar-refractivity contribution in [1.29, 1.82) is 0 Å². The van der Waals surface area contributed by atoms with E-state index in [9.17, 15) is 19.2 Å². The lowest BCUT2D eigenvalue weighted by atomic mass is 10.0. The van der Waals surface area contributed by atoms with Gasteiger partial charge in [-0.2, -0.15) is 0 Å². The van der Waals surface area contributed by atoms with Gasteiger partial charge in [0.1, 0.15) is 6.04 Å². The van der Waals surface area contributed by atoms with E-state index in [1.165, 1.54) is 18.2 Å². The van der Waals surface area contributed by atoms with Crippen LogP contribution < -0.4 is 21.9 Å².